The van der Waals surface area contributed by atoms with E-state index in [0.717, 1.165) is 5.56 Å². The number of hydrogen-bond acceptors (Lipinski definition) is 9. The molecule has 2 heterocycles. The highest BCUT2D eigenvalue weighted by molar-refractivity contribution is 5.93. The van der Waals surface area contributed by atoms with Crippen molar-refractivity contribution in [1.82, 2.24) is 24.4 Å². The SMILES string of the molecule is CC(O)CN(CC(=O)OC(C)C)C(=O)Cn1cnc2c(NC(=O)OCc3ccccc3)ncnc21. The number of ether oxygens (including phenoxy) is 2. The van der Waals surface area contributed by atoms with E-state index in [-0.39, 0.29) is 43.7 Å². The molecule has 0 saturated carbocycles. The number of rotatable bonds is 10. The van der Waals surface area contributed by atoms with Gasteiger partial charge >= 0.3 is 12.1 Å². The van der Waals surface area contributed by atoms with E-state index in [1.54, 1.807) is 13.8 Å². The van der Waals surface area contributed by atoms with Crippen molar-refractivity contribution in [3.63, 3.8) is 0 Å². The zero-order valence-electron chi connectivity index (χ0n) is 19.7. The molecular weight excluding hydrogens is 456 g/mol. The Labute approximate surface area is 201 Å². The molecular formula is C23H28N6O6. The van der Waals surface area contributed by atoms with Gasteiger partial charge in [-0.15, -0.1) is 0 Å². The van der Waals surface area contributed by atoms with Crippen LogP contribution in [0.2, 0.25) is 0 Å². The maximum atomic E-state index is 12.9. The minimum Gasteiger partial charge on any atom is -0.462 e. The third-order valence-corrected chi connectivity index (χ3v) is 4.66. The number of fused-ring (bicyclic) bond motifs is 1. The van der Waals surface area contributed by atoms with Crippen molar-refractivity contribution in [2.24, 2.45) is 0 Å². The molecule has 2 aromatic heterocycles. The smallest absolute Gasteiger partial charge is 0.413 e. The number of aromatic nitrogens is 4. The lowest BCUT2D eigenvalue weighted by molar-refractivity contribution is -0.153. The molecule has 12 nitrogen and oxygen atoms in total. The number of amides is 2. The second-order valence-electron chi connectivity index (χ2n) is 8.12. The fourth-order valence-electron chi connectivity index (χ4n) is 3.22. The lowest BCUT2D eigenvalue weighted by atomic mass is 10.2. The summed E-state index contributed by atoms with van der Waals surface area (Å²) in [4.78, 5) is 50.9. The number of imidazole rings is 1. The van der Waals surface area contributed by atoms with Crippen LogP contribution in [0.5, 0.6) is 0 Å². The first kappa shape index (κ1) is 25.6. The van der Waals surface area contributed by atoms with Gasteiger partial charge in [0.2, 0.25) is 5.91 Å². The van der Waals surface area contributed by atoms with Gasteiger partial charge in [-0.2, -0.15) is 0 Å². The largest absolute Gasteiger partial charge is 0.462 e. The molecule has 1 aromatic carbocycles. The van der Waals surface area contributed by atoms with Crippen LogP contribution in [0.3, 0.4) is 0 Å². The van der Waals surface area contributed by atoms with Gasteiger partial charge < -0.3 is 24.0 Å². The Balaban J connectivity index is 1.69. The van der Waals surface area contributed by atoms with E-state index in [1.807, 2.05) is 30.3 Å². The Morgan fingerprint density at radius 1 is 1.11 bits per heavy atom. The number of carbonyl (C=O) groups excluding carboxylic acids is 3. The molecule has 186 valence electrons. The molecule has 3 rings (SSSR count). The molecule has 0 aliphatic heterocycles. The van der Waals surface area contributed by atoms with Gasteiger partial charge in [-0.3, -0.25) is 14.9 Å². The summed E-state index contributed by atoms with van der Waals surface area (Å²) in [6.45, 7) is 4.47. The highest BCUT2D eigenvalue weighted by Gasteiger charge is 2.22. The van der Waals surface area contributed by atoms with E-state index >= 15 is 0 Å². The Morgan fingerprint density at radius 3 is 2.54 bits per heavy atom. The van der Waals surface area contributed by atoms with Crippen LogP contribution in [0.15, 0.2) is 43.0 Å². The summed E-state index contributed by atoms with van der Waals surface area (Å²) >= 11 is 0. The number of aliphatic hydroxyl groups is 1. The van der Waals surface area contributed by atoms with Gasteiger partial charge in [-0.1, -0.05) is 30.3 Å². The summed E-state index contributed by atoms with van der Waals surface area (Å²) in [7, 11) is 0. The molecule has 0 fully saturated rings. The number of hydrogen-bond donors (Lipinski definition) is 2. The maximum absolute atomic E-state index is 12.9. The number of benzene rings is 1. The molecule has 0 spiro atoms. The summed E-state index contributed by atoms with van der Waals surface area (Å²) in [5, 5.41) is 12.3. The van der Waals surface area contributed by atoms with Crippen LogP contribution in [-0.4, -0.2) is 72.8 Å². The lowest BCUT2D eigenvalue weighted by Crippen LogP contribution is -2.42. The van der Waals surface area contributed by atoms with Crippen molar-refractivity contribution < 1.29 is 29.0 Å². The molecule has 12 heteroatoms. The molecule has 2 amide bonds. The van der Waals surface area contributed by atoms with Crippen LogP contribution in [0, 0.1) is 0 Å². The summed E-state index contributed by atoms with van der Waals surface area (Å²) in [5.41, 5.74) is 1.39. The second kappa shape index (κ2) is 11.9. The Morgan fingerprint density at radius 2 is 1.86 bits per heavy atom. The van der Waals surface area contributed by atoms with Gasteiger partial charge in [0.05, 0.1) is 18.5 Å². The van der Waals surface area contributed by atoms with Gasteiger partial charge in [-0.25, -0.2) is 19.7 Å². The number of nitrogens with one attached hydrogen (secondary N) is 1. The fourth-order valence-corrected chi connectivity index (χ4v) is 3.22. The van der Waals surface area contributed by atoms with Crippen LogP contribution in [0.1, 0.15) is 26.3 Å². The summed E-state index contributed by atoms with van der Waals surface area (Å²) in [5.74, 6) is -0.894. The van der Waals surface area contributed by atoms with Crippen molar-refractivity contribution in [3.8, 4) is 0 Å². The topological polar surface area (TPSA) is 149 Å². The molecule has 0 bridgehead atoms. The Hall–Kier alpha value is -4.06. The monoisotopic (exact) mass is 484 g/mol. The summed E-state index contributed by atoms with van der Waals surface area (Å²) in [6, 6.07) is 9.21. The molecule has 0 aliphatic rings. The number of esters is 1. The first-order chi connectivity index (χ1) is 16.7. The van der Waals surface area contributed by atoms with Gasteiger partial charge in [0.25, 0.3) is 0 Å². The van der Waals surface area contributed by atoms with Crippen molar-refractivity contribution in [3.05, 3.63) is 48.5 Å². The van der Waals surface area contributed by atoms with Crippen molar-refractivity contribution in [1.29, 1.82) is 0 Å². The first-order valence-corrected chi connectivity index (χ1v) is 11.0. The highest BCUT2D eigenvalue weighted by atomic mass is 16.5. The second-order valence-corrected chi connectivity index (χ2v) is 8.12. The van der Waals surface area contributed by atoms with Crippen molar-refractivity contribution >= 4 is 35.0 Å². The summed E-state index contributed by atoms with van der Waals surface area (Å²) in [6.07, 6.45) is 0.720. The van der Waals surface area contributed by atoms with Crippen molar-refractivity contribution in [2.45, 2.75) is 46.1 Å². The number of nitrogens with zero attached hydrogens (tertiary/aromatic N) is 5. The number of aliphatic hydroxyl groups excluding tert-OH is 1. The zero-order chi connectivity index (χ0) is 25.4. The van der Waals surface area contributed by atoms with Gasteiger partial charge in [0.15, 0.2) is 17.0 Å². The van der Waals surface area contributed by atoms with E-state index in [4.69, 9.17) is 9.47 Å². The third-order valence-electron chi connectivity index (χ3n) is 4.66. The van der Waals surface area contributed by atoms with E-state index in [9.17, 15) is 19.5 Å². The molecule has 0 aliphatic carbocycles. The third kappa shape index (κ3) is 7.47. The quantitative estimate of drug-likeness (QED) is 0.410. The van der Waals surface area contributed by atoms with Crippen LogP contribution < -0.4 is 5.32 Å². The molecule has 35 heavy (non-hydrogen) atoms. The van der Waals surface area contributed by atoms with Gasteiger partial charge in [0, 0.05) is 6.54 Å². The number of carbonyl (C=O) groups is 3. The molecule has 0 radical (unpaired) electrons. The molecule has 3 aromatic rings. The van der Waals surface area contributed by atoms with Crippen LogP contribution in [0.4, 0.5) is 10.6 Å². The Bertz CT molecular complexity index is 1160. The lowest BCUT2D eigenvalue weighted by Gasteiger charge is -2.24. The van der Waals surface area contributed by atoms with E-state index < -0.39 is 24.1 Å². The van der Waals surface area contributed by atoms with Crippen LogP contribution >= 0.6 is 0 Å². The van der Waals surface area contributed by atoms with Crippen LogP contribution in [0.25, 0.3) is 11.2 Å². The predicted molar refractivity (Wildman–Crippen MR) is 125 cm³/mol. The zero-order valence-corrected chi connectivity index (χ0v) is 19.7. The average Bonchev–Trinajstić information content (AvgIpc) is 3.21. The predicted octanol–water partition coefficient (Wildman–Crippen LogP) is 1.74. The van der Waals surface area contributed by atoms with Gasteiger partial charge in [0.1, 0.15) is 26.0 Å². The normalized spacial score (nSPS) is 11.8. The van der Waals surface area contributed by atoms with Gasteiger partial charge in [-0.05, 0) is 26.3 Å². The van der Waals surface area contributed by atoms with E-state index in [1.165, 1.54) is 29.0 Å². The fraction of sp³-hybridized carbons (Fsp3) is 0.391. The number of anilines is 1. The van der Waals surface area contributed by atoms with E-state index in [0.29, 0.717) is 5.65 Å². The highest BCUT2D eigenvalue weighted by Crippen LogP contribution is 2.18. The molecule has 1 atom stereocenters. The van der Waals surface area contributed by atoms with Crippen LogP contribution in [-0.2, 0) is 32.2 Å². The molecule has 0 saturated heterocycles. The molecule has 1 unspecified atom stereocenters. The standard InChI is InChI=1S/C23H28N6O6/c1-15(2)35-19(32)11-28(9-16(3)30)18(31)10-29-14-26-20-21(24-13-25-22(20)29)27-23(33)34-12-17-7-5-4-6-8-17/h4-8,13-16,30H,9-12H2,1-3H3,(H,24,25,27,33). The minimum atomic E-state index is -0.842. The first-order valence-electron chi connectivity index (χ1n) is 11.0. The minimum absolute atomic E-state index is 0.0479. The maximum Gasteiger partial charge on any atom is 0.413 e. The average molecular weight is 485 g/mol. The summed E-state index contributed by atoms with van der Waals surface area (Å²) < 4.78 is 11.8. The Kier molecular flexibility index (Phi) is 8.68. The van der Waals surface area contributed by atoms with Crippen molar-refractivity contribution in [2.75, 3.05) is 18.4 Å². The molecule has 2 N–H and O–H groups in total. The van der Waals surface area contributed by atoms with E-state index in [2.05, 4.69) is 20.3 Å².